The normalized spacial score (nSPS) is 10.9. The Morgan fingerprint density at radius 1 is 0.550 bits per heavy atom. The van der Waals surface area contributed by atoms with Gasteiger partial charge in [0.05, 0.1) is 0 Å². The van der Waals surface area contributed by atoms with Crippen LogP contribution in [0, 0.1) is 37.5 Å². The van der Waals surface area contributed by atoms with Crippen molar-refractivity contribution in [2.75, 3.05) is 26.2 Å². The van der Waals surface area contributed by atoms with Gasteiger partial charge >= 0.3 is 145 Å². The first-order chi connectivity index (χ1) is 9.28. The van der Waals surface area contributed by atoms with Crippen molar-refractivity contribution < 1.29 is 37.5 Å². The van der Waals surface area contributed by atoms with Gasteiger partial charge in [-0.1, -0.05) is 0 Å². The maximum atomic E-state index is 2.87. The number of halogens is 1. The summed E-state index contributed by atoms with van der Waals surface area (Å²) in [5, 5.41) is 0. The van der Waals surface area contributed by atoms with Gasteiger partial charge in [-0.05, 0) is 0 Å². The molecule has 0 fully saturated rings. The van der Waals surface area contributed by atoms with E-state index in [-0.39, 0.29) is 17.0 Å². The predicted octanol–water partition coefficient (Wildman–Crippen LogP) is 5.28. The summed E-state index contributed by atoms with van der Waals surface area (Å²) >= 11 is -0.723. The molecule has 0 aromatic heterocycles. The van der Waals surface area contributed by atoms with E-state index in [9.17, 15) is 0 Å². The molecular weight excluding hydrogens is 444 g/mol. The fraction of sp³-hybridized carbons (Fsp3) is 1.00. The van der Waals surface area contributed by atoms with Crippen LogP contribution in [0.25, 0.3) is 0 Å². The van der Waals surface area contributed by atoms with E-state index in [1.54, 1.807) is 0 Å². The molecule has 0 spiro atoms. The van der Waals surface area contributed by atoms with Crippen molar-refractivity contribution in [3.63, 3.8) is 0 Å². The van der Waals surface area contributed by atoms with E-state index < -0.39 is 37.5 Å². The molecule has 0 N–H and O–H groups in total. The SMILES string of the molecule is Br.CCCC[N](CCCC)[Nd][N](CCCC)CCCC. The number of hydrogen-bond acceptors (Lipinski definition) is 2. The molecule has 0 heterocycles. The van der Waals surface area contributed by atoms with E-state index in [4.69, 9.17) is 0 Å². The molecule has 0 aliphatic heterocycles. The molecule has 0 bridgehead atoms. The van der Waals surface area contributed by atoms with Gasteiger partial charge in [-0.3, -0.25) is 0 Å². The van der Waals surface area contributed by atoms with Gasteiger partial charge in [0.15, 0.2) is 0 Å². The summed E-state index contributed by atoms with van der Waals surface area (Å²) in [6.07, 6.45) is 11.0. The van der Waals surface area contributed by atoms with Gasteiger partial charge in [0.2, 0.25) is 0 Å². The van der Waals surface area contributed by atoms with Gasteiger partial charge in [-0.15, -0.1) is 17.0 Å². The van der Waals surface area contributed by atoms with E-state index >= 15 is 0 Å². The molecule has 0 unspecified atom stereocenters. The molecule has 0 rings (SSSR count). The summed E-state index contributed by atoms with van der Waals surface area (Å²) < 4.78 is 5.75. The molecule has 0 radical (unpaired) electrons. The van der Waals surface area contributed by atoms with Crippen molar-refractivity contribution in [3.05, 3.63) is 0 Å². The van der Waals surface area contributed by atoms with E-state index in [1.807, 2.05) is 0 Å². The molecule has 0 atom stereocenters. The number of unbranched alkanes of at least 4 members (excludes halogenated alkanes) is 4. The molecule has 0 amide bonds. The monoisotopic (exact) mass is 478 g/mol. The summed E-state index contributed by atoms with van der Waals surface area (Å²) in [5.41, 5.74) is 0. The summed E-state index contributed by atoms with van der Waals surface area (Å²) in [6, 6.07) is 0. The summed E-state index contributed by atoms with van der Waals surface area (Å²) in [6.45, 7) is 14.7. The summed E-state index contributed by atoms with van der Waals surface area (Å²) in [5.74, 6) is 0. The van der Waals surface area contributed by atoms with Crippen LogP contribution in [0.5, 0.6) is 0 Å². The second-order valence-electron chi connectivity index (χ2n) is 5.49. The van der Waals surface area contributed by atoms with Crippen molar-refractivity contribution in [3.8, 4) is 0 Å². The minimum atomic E-state index is -0.723. The van der Waals surface area contributed by atoms with E-state index in [2.05, 4.69) is 29.7 Å². The third-order valence-corrected chi connectivity index (χ3v) is 8.09. The van der Waals surface area contributed by atoms with Crippen molar-refractivity contribution in [1.29, 1.82) is 0 Å². The minimum absolute atomic E-state index is 0. The van der Waals surface area contributed by atoms with Crippen LogP contribution in [0.4, 0.5) is 0 Å². The third kappa shape index (κ3) is 14.7. The molecule has 0 saturated heterocycles. The number of nitrogens with zero attached hydrogens (tertiary/aromatic N) is 2. The second-order valence-corrected chi connectivity index (χ2v) is 10.2. The van der Waals surface area contributed by atoms with E-state index in [1.165, 1.54) is 77.5 Å². The van der Waals surface area contributed by atoms with Crippen molar-refractivity contribution in [1.82, 2.24) is 1.97 Å². The molecule has 20 heavy (non-hydrogen) atoms. The zero-order valence-electron chi connectivity index (χ0n) is 14.3. The molecule has 0 aliphatic carbocycles. The third-order valence-electron chi connectivity index (χ3n) is 3.41. The first kappa shape index (κ1) is 24.0. The van der Waals surface area contributed by atoms with Crippen LogP contribution in [-0.4, -0.2) is 28.1 Å². The molecular formula is C16H37BrN2Nd. The van der Waals surface area contributed by atoms with Crippen LogP contribution in [0.2, 0.25) is 0 Å². The van der Waals surface area contributed by atoms with E-state index in [0.717, 1.165) is 0 Å². The molecule has 122 valence electrons. The van der Waals surface area contributed by atoms with E-state index in [0.29, 0.717) is 0 Å². The molecule has 4 heteroatoms. The van der Waals surface area contributed by atoms with Crippen LogP contribution >= 0.6 is 17.0 Å². The quantitative estimate of drug-likeness (QED) is 0.333. The molecule has 0 aromatic carbocycles. The van der Waals surface area contributed by atoms with Crippen molar-refractivity contribution >= 4 is 17.0 Å². The Kier molecular flexibility index (Phi) is 22.6. The molecule has 2 nitrogen and oxygen atoms in total. The van der Waals surface area contributed by atoms with Crippen LogP contribution < -0.4 is 0 Å². The van der Waals surface area contributed by atoms with Gasteiger partial charge in [-0.2, -0.15) is 0 Å². The summed E-state index contributed by atoms with van der Waals surface area (Å²) in [4.78, 5) is 0. The van der Waals surface area contributed by atoms with Crippen molar-refractivity contribution in [2.45, 2.75) is 79.1 Å². The zero-order chi connectivity index (χ0) is 14.3. The van der Waals surface area contributed by atoms with Crippen molar-refractivity contribution in [2.24, 2.45) is 0 Å². The Morgan fingerprint density at radius 3 is 1.00 bits per heavy atom. The fourth-order valence-electron chi connectivity index (χ4n) is 2.02. The van der Waals surface area contributed by atoms with Gasteiger partial charge in [0, 0.05) is 0 Å². The maximum absolute atomic E-state index is 2.87. The fourth-order valence-corrected chi connectivity index (χ4v) is 6.61. The Balaban J connectivity index is 0. The van der Waals surface area contributed by atoms with Crippen LogP contribution in [0.1, 0.15) is 79.1 Å². The molecule has 0 aromatic rings. The standard InChI is InChI=1S/2C8H18N.BrH.Nd/c2*1-3-5-7-9-8-6-4-2;;/h2*3-8H2,1-2H3;1H;/q2*-1;;+2. The summed E-state index contributed by atoms with van der Waals surface area (Å²) in [7, 11) is 0. The van der Waals surface area contributed by atoms with Crippen LogP contribution in [-0.2, 0) is 0 Å². The predicted molar refractivity (Wildman–Crippen MR) is 93.1 cm³/mol. The first-order valence-electron chi connectivity index (χ1n) is 8.54. The van der Waals surface area contributed by atoms with Gasteiger partial charge in [0.25, 0.3) is 0 Å². The van der Waals surface area contributed by atoms with Crippen LogP contribution in [0.15, 0.2) is 0 Å². The average Bonchev–Trinajstić information content (AvgIpc) is 2.44. The topological polar surface area (TPSA) is 6.48 Å². The van der Waals surface area contributed by atoms with Crippen LogP contribution in [0.3, 0.4) is 0 Å². The van der Waals surface area contributed by atoms with Gasteiger partial charge in [-0.25, -0.2) is 0 Å². The number of hydrogen-bond donors (Lipinski definition) is 0. The Bertz CT molecular complexity index is 148. The second kappa shape index (κ2) is 18.8. The van der Waals surface area contributed by atoms with Gasteiger partial charge in [0.1, 0.15) is 0 Å². The zero-order valence-corrected chi connectivity index (χ0v) is 19.2. The Labute approximate surface area is 160 Å². The average molecular weight is 482 g/mol. The Morgan fingerprint density at radius 2 is 0.800 bits per heavy atom. The molecule has 0 aliphatic rings. The Hall–Kier alpha value is 1.75. The van der Waals surface area contributed by atoms with Gasteiger partial charge < -0.3 is 0 Å². The molecule has 0 saturated carbocycles. The first-order valence-corrected chi connectivity index (χ1v) is 11.4. The number of rotatable bonds is 14.